The number of hydrogen-bond acceptors (Lipinski definition) is 6. The molecule has 3 amide bonds. The van der Waals surface area contributed by atoms with E-state index in [1.165, 1.54) is 6.92 Å². The van der Waals surface area contributed by atoms with Crippen LogP contribution in [0.1, 0.15) is 25.1 Å². The number of carbonyl (C=O) groups is 3. The number of carbonyl (C=O) groups excluding carboxylic acids is 3. The van der Waals surface area contributed by atoms with E-state index in [0.717, 1.165) is 11.1 Å². The Morgan fingerprint density at radius 3 is 2.44 bits per heavy atom. The zero-order valence-corrected chi connectivity index (χ0v) is 19.0. The van der Waals surface area contributed by atoms with Crippen molar-refractivity contribution in [2.24, 2.45) is 0 Å². The van der Waals surface area contributed by atoms with E-state index < -0.39 is 6.04 Å². The third-order valence-electron chi connectivity index (χ3n) is 5.33. The zero-order valence-electron chi connectivity index (χ0n) is 19.0. The minimum atomic E-state index is -0.802. The van der Waals surface area contributed by atoms with E-state index in [1.54, 1.807) is 43.2 Å². The quantitative estimate of drug-likeness (QED) is 0.471. The summed E-state index contributed by atoms with van der Waals surface area (Å²) in [5.74, 6) is 0.354. The van der Waals surface area contributed by atoms with Gasteiger partial charge in [-0.15, -0.1) is 0 Å². The Morgan fingerprint density at radius 1 is 1.09 bits per heavy atom. The van der Waals surface area contributed by atoms with Crippen LogP contribution in [0.3, 0.4) is 0 Å². The molecule has 1 aliphatic heterocycles. The normalized spacial score (nSPS) is 14.3. The molecule has 2 aromatic carbocycles. The van der Waals surface area contributed by atoms with Crippen molar-refractivity contribution in [3.05, 3.63) is 54.2 Å². The smallest absolute Gasteiger partial charge is 0.251 e. The third-order valence-corrected chi connectivity index (χ3v) is 5.33. The summed E-state index contributed by atoms with van der Waals surface area (Å²) >= 11 is 0. The van der Waals surface area contributed by atoms with E-state index in [2.05, 4.69) is 21.0 Å². The number of hydrogen-bond donors (Lipinski definition) is 3. The first-order valence-corrected chi connectivity index (χ1v) is 10.6. The lowest BCUT2D eigenvalue weighted by Crippen LogP contribution is -2.24. The third kappa shape index (κ3) is 4.76. The Morgan fingerprint density at radius 2 is 1.79 bits per heavy atom. The van der Waals surface area contributed by atoms with Crippen molar-refractivity contribution in [3.63, 3.8) is 0 Å². The Bertz CT molecular complexity index is 1240. The van der Waals surface area contributed by atoms with Crippen LogP contribution in [-0.2, 0) is 25.7 Å². The van der Waals surface area contributed by atoms with Gasteiger partial charge in [-0.2, -0.15) is 5.10 Å². The monoisotopic (exact) mass is 463 g/mol. The number of amides is 3. The fourth-order valence-corrected chi connectivity index (χ4v) is 3.86. The summed E-state index contributed by atoms with van der Waals surface area (Å²) in [5, 5.41) is 12.9. The van der Waals surface area contributed by atoms with Crippen LogP contribution in [0.25, 0.3) is 11.1 Å². The predicted molar refractivity (Wildman–Crippen MR) is 127 cm³/mol. The van der Waals surface area contributed by atoms with Gasteiger partial charge in [0.25, 0.3) is 5.91 Å². The maximum atomic E-state index is 12.8. The number of benzene rings is 2. The summed E-state index contributed by atoms with van der Waals surface area (Å²) < 4.78 is 12.2. The lowest BCUT2D eigenvalue weighted by atomic mass is 10.1. The second-order valence-electron chi connectivity index (χ2n) is 7.80. The summed E-state index contributed by atoms with van der Waals surface area (Å²) in [6.45, 7) is 1.66. The molecule has 2 heterocycles. The largest absolute Gasteiger partial charge is 0.497 e. The Balaban J connectivity index is 1.56. The Hall–Kier alpha value is -4.18. The molecule has 0 saturated heterocycles. The van der Waals surface area contributed by atoms with E-state index in [1.807, 2.05) is 24.3 Å². The van der Waals surface area contributed by atoms with Crippen LogP contribution in [0.4, 0.5) is 17.2 Å². The van der Waals surface area contributed by atoms with Gasteiger partial charge in [-0.1, -0.05) is 12.1 Å². The van der Waals surface area contributed by atoms with Crippen LogP contribution in [0.15, 0.2) is 48.5 Å². The van der Waals surface area contributed by atoms with Crippen LogP contribution >= 0.6 is 0 Å². The van der Waals surface area contributed by atoms with Gasteiger partial charge >= 0.3 is 0 Å². The molecule has 1 aromatic heterocycles. The fourth-order valence-electron chi connectivity index (χ4n) is 3.86. The van der Waals surface area contributed by atoms with Gasteiger partial charge in [-0.25, -0.2) is 4.68 Å². The van der Waals surface area contributed by atoms with Crippen LogP contribution < -0.4 is 20.7 Å². The van der Waals surface area contributed by atoms with E-state index in [0.29, 0.717) is 28.6 Å². The molecular weight excluding hydrogens is 438 g/mol. The van der Waals surface area contributed by atoms with Crippen LogP contribution in [-0.4, -0.2) is 41.7 Å². The minimum absolute atomic E-state index is 0.0993. The molecular formula is C24H25N5O5. The van der Waals surface area contributed by atoms with Gasteiger partial charge in [0, 0.05) is 25.4 Å². The van der Waals surface area contributed by atoms with Crippen molar-refractivity contribution in [1.82, 2.24) is 9.78 Å². The highest BCUT2D eigenvalue weighted by molar-refractivity contribution is 6.04. The summed E-state index contributed by atoms with van der Waals surface area (Å²) in [6.07, 6.45) is -0.0993. The molecule has 10 heteroatoms. The SMILES string of the molecule is COCc1nn2c(c1-c1cccc(OC)c1)NC(=O)C2CC(=O)Nc1ccc(NC(C)=O)cc1. The Kier molecular flexibility index (Phi) is 6.60. The zero-order chi connectivity index (χ0) is 24.2. The molecule has 0 spiro atoms. The lowest BCUT2D eigenvalue weighted by Gasteiger charge is -2.11. The van der Waals surface area contributed by atoms with Crippen LogP contribution in [0, 0.1) is 0 Å². The molecule has 34 heavy (non-hydrogen) atoms. The van der Waals surface area contributed by atoms with Gasteiger partial charge in [-0.05, 0) is 42.0 Å². The maximum absolute atomic E-state index is 12.8. The summed E-state index contributed by atoms with van der Waals surface area (Å²) in [6, 6.07) is 13.4. The van der Waals surface area contributed by atoms with Crippen molar-refractivity contribution in [2.75, 3.05) is 30.2 Å². The number of methoxy groups -OCH3 is 2. The molecule has 10 nitrogen and oxygen atoms in total. The number of nitrogens with zero attached hydrogens (tertiary/aromatic N) is 2. The molecule has 0 saturated carbocycles. The van der Waals surface area contributed by atoms with Gasteiger partial charge in [0.1, 0.15) is 17.6 Å². The average Bonchev–Trinajstić information content (AvgIpc) is 3.30. The first-order valence-electron chi connectivity index (χ1n) is 10.6. The maximum Gasteiger partial charge on any atom is 0.251 e. The molecule has 3 aromatic rings. The Labute approximate surface area is 196 Å². The van der Waals surface area contributed by atoms with Crippen LogP contribution in [0.2, 0.25) is 0 Å². The summed E-state index contributed by atoms with van der Waals surface area (Å²) in [4.78, 5) is 36.6. The predicted octanol–water partition coefficient (Wildman–Crippen LogP) is 3.19. The number of aromatic nitrogens is 2. The molecule has 1 atom stereocenters. The van der Waals surface area contributed by atoms with Crippen molar-refractivity contribution >= 4 is 34.9 Å². The minimum Gasteiger partial charge on any atom is -0.497 e. The van der Waals surface area contributed by atoms with Crippen molar-refractivity contribution in [1.29, 1.82) is 0 Å². The number of fused-ring (bicyclic) bond motifs is 1. The topological polar surface area (TPSA) is 124 Å². The van der Waals surface area contributed by atoms with E-state index in [-0.39, 0.29) is 30.7 Å². The molecule has 1 aliphatic rings. The van der Waals surface area contributed by atoms with Crippen molar-refractivity contribution < 1.29 is 23.9 Å². The second kappa shape index (κ2) is 9.75. The van der Waals surface area contributed by atoms with Gasteiger partial charge in [0.2, 0.25) is 11.8 Å². The van der Waals surface area contributed by atoms with E-state index >= 15 is 0 Å². The highest BCUT2D eigenvalue weighted by atomic mass is 16.5. The molecule has 0 fully saturated rings. The molecule has 4 rings (SSSR count). The molecule has 0 aliphatic carbocycles. The molecule has 0 bridgehead atoms. The van der Waals surface area contributed by atoms with Gasteiger partial charge in [0.15, 0.2) is 0 Å². The highest BCUT2D eigenvalue weighted by Crippen LogP contribution is 2.39. The van der Waals surface area contributed by atoms with Crippen LogP contribution in [0.5, 0.6) is 5.75 Å². The molecule has 1 unspecified atom stereocenters. The van der Waals surface area contributed by atoms with Crippen molar-refractivity contribution in [2.45, 2.75) is 26.0 Å². The lowest BCUT2D eigenvalue weighted by molar-refractivity contribution is -0.123. The molecule has 3 N–H and O–H groups in total. The number of ether oxygens (including phenoxy) is 2. The highest BCUT2D eigenvalue weighted by Gasteiger charge is 2.37. The fraction of sp³-hybridized carbons (Fsp3) is 0.250. The standard InChI is InChI=1S/C24H25N5O5/c1-14(30)25-16-7-9-17(10-8-16)26-21(31)12-20-24(32)27-23-22(19(13-33-2)28-29(20)23)15-5-4-6-18(11-15)34-3/h4-11,20H,12-13H2,1-3H3,(H,25,30)(H,26,31)(H,27,32). The first-order chi connectivity index (χ1) is 16.4. The second-order valence-corrected chi connectivity index (χ2v) is 7.80. The molecule has 176 valence electrons. The average molecular weight is 463 g/mol. The van der Waals surface area contributed by atoms with E-state index in [4.69, 9.17) is 9.47 Å². The van der Waals surface area contributed by atoms with Crippen molar-refractivity contribution in [3.8, 4) is 16.9 Å². The number of nitrogens with one attached hydrogen (secondary N) is 3. The van der Waals surface area contributed by atoms with Gasteiger partial charge in [0.05, 0.1) is 31.4 Å². The first kappa shape index (κ1) is 23.0. The van der Waals surface area contributed by atoms with Gasteiger partial charge < -0.3 is 25.4 Å². The van der Waals surface area contributed by atoms with Gasteiger partial charge in [-0.3, -0.25) is 14.4 Å². The molecule has 0 radical (unpaired) electrons. The number of rotatable bonds is 8. The van der Waals surface area contributed by atoms with E-state index in [9.17, 15) is 14.4 Å². The summed E-state index contributed by atoms with van der Waals surface area (Å²) in [7, 11) is 3.15. The number of anilines is 3. The summed E-state index contributed by atoms with van der Waals surface area (Å²) in [5.41, 5.74) is 3.36.